The number of ether oxygens (including phenoxy) is 1. The molecular weight excluding hydrogens is 284 g/mol. The topological polar surface area (TPSA) is 27.1 Å². The molecule has 0 spiro atoms. The van der Waals surface area contributed by atoms with Crippen LogP contribution in [0, 0.1) is 11.8 Å². The van der Waals surface area contributed by atoms with Crippen molar-refractivity contribution < 1.29 is 4.74 Å². The number of rotatable bonds is 5. The van der Waals surface area contributed by atoms with Gasteiger partial charge in [0.1, 0.15) is 11.6 Å². The Labute approximate surface area is 130 Å². The largest absolute Gasteiger partial charge is 0.497 e. The molecule has 4 rings (SSSR count). The lowest BCUT2D eigenvalue weighted by atomic mass is 10.1. The van der Waals surface area contributed by atoms with Crippen LogP contribution >= 0.6 is 11.6 Å². The monoisotopic (exact) mass is 304 g/mol. The van der Waals surface area contributed by atoms with Gasteiger partial charge in [0, 0.05) is 12.1 Å². The van der Waals surface area contributed by atoms with Crippen molar-refractivity contribution in [1.29, 1.82) is 0 Å². The number of nitrogens with zero attached hydrogens (tertiary/aromatic N) is 2. The van der Waals surface area contributed by atoms with E-state index in [0.717, 1.165) is 28.9 Å². The van der Waals surface area contributed by atoms with Crippen molar-refractivity contribution in [1.82, 2.24) is 9.55 Å². The molecule has 2 fully saturated rings. The normalized spacial score (nSPS) is 20.2. The number of fused-ring (bicyclic) bond motifs is 1. The minimum atomic E-state index is -0.0663. The van der Waals surface area contributed by atoms with Crippen molar-refractivity contribution in [2.24, 2.45) is 11.8 Å². The predicted molar refractivity (Wildman–Crippen MR) is 85.0 cm³/mol. The highest BCUT2D eigenvalue weighted by molar-refractivity contribution is 6.20. The van der Waals surface area contributed by atoms with Gasteiger partial charge in [0.15, 0.2) is 0 Å². The van der Waals surface area contributed by atoms with Crippen LogP contribution in [0.25, 0.3) is 11.0 Å². The van der Waals surface area contributed by atoms with E-state index in [4.69, 9.17) is 21.3 Å². The van der Waals surface area contributed by atoms with Crippen LogP contribution in [0.1, 0.15) is 49.9 Å². The molecule has 112 valence electrons. The molecule has 0 saturated heterocycles. The first-order valence-electron chi connectivity index (χ1n) is 7.89. The van der Waals surface area contributed by atoms with E-state index in [1.807, 2.05) is 19.1 Å². The van der Waals surface area contributed by atoms with Gasteiger partial charge in [0.05, 0.1) is 23.5 Å². The molecule has 21 heavy (non-hydrogen) atoms. The zero-order valence-electron chi connectivity index (χ0n) is 12.6. The van der Waals surface area contributed by atoms with E-state index in [9.17, 15) is 0 Å². The number of aromatic nitrogens is 2. The first kappa shape index (κ1) is 13.4. The van der Waals surface area contributed by atoms with Gasteiger partial charge >= 0.3 is 0 Å². The number of alkyl halides is 1. The summed E-state index contributed by atoms with van der Waals surface area (Å²) in [6, 6.07) is 6.78. The quantitative estimate of drug-likeness (QED) is 0.748. The zero-order valence-corrected chi connectivity index (χ0v) is 13.3. The molecule has 2 aliphatic carbocycles. The third-order valence-electron chi connectivity index (χ3n) is 4.79. The molecule has 0 radical (unpaired) electrons. The van der Waals surface area contributed by atoms with Crippen LogP contribution in [0.15, 0.2) is 18.2 Å². The fourth-order valence-corrected chi connectivity index (χ4v) is 3.65. The lowest BCUT2D eigenvalue weighted by Crippen LogP contribution is -2.16. The molecule has 3 nitrogen and oxygen atoms in total. The zero-order chi connectivity index (χ0) is 14.6. The summed E-state index contributed by atoms with van der Waals surface area (Å²) in [6.07, 6.45) is 5.42. The molecule has 2 saturated carbocycles. The van der Waals surface area contributed by atoms with Gasteiger partial charge in [-0.3, -0.25) is 0 Å². The van der Waals surface area contributed by atoms with Crippen molar-refractivity contribution >= 4 is 22.6 Å². The van der Waals surface area contributed by atoms with E-state index in [1.54, 1.807) is 7.11 Å². The molecule has 1 atom stereocenters. The van der Waals surface area contributed by atoms with Gasteiger partial charge < -0.3 is 9.30 Å². The number of hydrogen-bond donors (Lipinski definition) is 0. The summed E-state index contributed by atoms with van der Waals surface area (Å²) < 4.78 is 7.78. The van der Waals surface area contributed by atoms with Crippen molar-refractivity contribution in [3.05, 3.63) is 24.0 Å². The molecule has 2 aromatic rings. The van der Waals surface area contributed by atoms with Gasteiger partial charge in [0.2, 0.25) is 0 Å². The minimum Gasteiger partial charge on any atom is -0.497 e. The average molecular weight is 305 g/mol. The summed E-state index contributed by atoms with van der Waals surface area (Å²) >= 11 is 6.43. The summed E-state index contributed by atoms with van der Waals surface area (Å²) in [6.45, 7) is 2.02. The molecule has 0 N–H and O–H groups in total. The Bertz CT molecular complexity index is 659. The van der Waals surface area contributed by atoms with E-state index < -0.39 is 0 Å². The van der Waals surface area contributed by atoms with Gasteiger partial charge in [-0.1, -0.05) is 0 Å². The molecular formula is C17H21ClN2O. The Morgan fingerprint density at radius 2 is 1.90 bits per heavy atom. The van der Waals surface area contributed by atoms with E-state index in [2.05, 4.69) is 10.6 Å². The Hall–Kier alpha value is -1.22. The first-order chi connectivity index (χ1) is 10.2. The second kappa shape index (κ2) is 4.91. The molecule has 1 aromatic heterocycles. The van der Waals surface area contributed by atoms with E-state index in [0.29, 0.717) is 6.04 Å². The number of methoxy groups -OCH3 is 1. The van der Waals surface area contributed by atoms with Crippen LogP contribution in [-0.4, -0.2) is 16.7 Å². The number of halogens is 1. The fraction of sp³-hybridized carbons (Fsp3) is 0.588. The van der Waals surface area contributed by atoms with Crippen molar-refractivity contribution in [2.75, 3.05) is 7.11 Å². The Morgan fingerprint density at radius 3 is 2.43 bits per heavy atom. The van der Waals surface area contributed by atoms with Gasteiger partial charge in [0.25, 0.3) is 0 Å². The Balaban J connectivity index is 1.89. The van der Waals surface area contributed by atoms with Crippen molar-refractivity contribution in [3.8, 4) is 5.75 Å². The number of hydrogen-bond acceptors (Lipinski definition) is 2. The van der Waals surface area contributed by atoms with Gasteiger partial charge in [-0.15, -0.1) is 11.6 Å². The highest BCUT2D eigenvalue weighted by Crippen LogP contribution is 2.53. The maximum absolute atomic E-state index is 6.43. The van der Waals surface area contributed by atoms with E-state index >= 15 is 0 Å². The summed E-state index contributed by atoms with van der Waals surface area (Å²) in [5, 5.41) is -0.0663. The molecule has 1 unspecified atom stereocenters. The second-order valence-electron chi connectivity index (χ2n) is 6.48. The maximum Gasteiger partial charge on any atom is 0.127 e. The van der Waals surface area contributed by atoms with E-state index in [1.165, 1.54) is 31.2 Å². The van der Waals surface area contributed by atoms with Crippen LogP contribution in [0.4, 0.5) is 0 Å². The van der Waals surface area contributed by atoms with Crippen molar-refractivity contribution in [3.63, 3.8) is 0 Å². The Kier molecular flexibility index (Phi) is 3.14. The molecule has 0 aliphatic heterocycles. The molecule has 4 heteroatoms. The maximum atomic E-state index is 6.43. The molecule has 1 heterocycles. The second-order valence-corrected chi connectivity index (χ2v) is 7.13. The van der Waals surface area contributed by atoms with Crippen LogP contribution in [0.2, 0.25) is 0 Å². The predicted octanol–water partition coefficient (Wildman–Crippen LogP) is 4.71. The van der Waals surface area contributed by atoms with Gasteiger partial charge in [-0.25, -0.2) is 4.98 Å². The van der Waals surface area contributed by atoms with Gasteiger partial charge in [-0.2, -0.15) is 0 Å². The average Bonchev–Trinajstić information content (AvgIpc) is 3.37. The smallest absolute Gasteiger partial charge is 0.127 e. The highest BCUT2D eigenvalue weighted by Gasteiger charge is 2.44. The Morgan fingerprint density at radius 1 is 1.24 bits per heavy atom. The number of benzene rings is 1. The van der Waals surface area contributed by atoms with E-state index in [-0.39, 0.29) is 5.38 Å². The summed E-state index contributed by atoms with van der Waals surface area (Å²) in [5.74, 6) is 3.52. The van der Waals surface area contributed by atoms with Crippen molar-refractivity contribution in [2.45, 2.75) is 44.0 Å². The first-order valence-corrected chi connectivity index (χ1v) is 8.32. The minimum absolute atomic E-state index is 0.0663. The summed E-state index contributed by atoms with van der Waals surface area (Å²) in [4.78, 5) is 4.81. The molecule has 1 aromatic carbocycles. The molecule has 0 amide bonds. The fourth-order valence-electron chi connectivity index (χ4n) is 3.50. The number of imidazole rings is 1. The summed E-state index contributed by atoms with van der Waals surface area (Å²) in [7, 11) is 1.69. The van der Waals surface area contributed by atoms with Crippen LogP contribution < -0.4 is 4.74 Å². The lowest BCUT2D eigenvalue weighted by molar-refractivity contribution is 0.392. The SMILES string of the molecule is COc1ccc2c(c1)nc(C(C)Cl)n2C(C1CC1)C1CC1. The summed E-state index contributed by atoms with van der Waals surface area (Å²) in [5.41, 5.74) is 2.21. The van der Waals surface area contributed by atoms with Crippen LogP contribution in [0.5, 0.6) is 5.75 Å². The third kappa shape index (κ3) is 2.32. The van der Waals surface area contributed by atoms with Gasteiger partial charge in [-0.05, 0) is 56.6 Å². The molecule has 2 aliphatic rings. The standard InChI is InChI=1S/C17H21ClN2O/c1-10(18)17-19-14-9-13(21-2)7-8-15(14)20(17)16(11-3-4-11)12-5-6-12/h7-12,16H,3-6H2,1-2H3. The van der Waals surface area contributed by atoms with Crippen LogP contribution in [-0.2, 0) is 0 Å². The molecule has 0 bridgehead atoms. The van der Waals surface area contributed by atoms with Crippen LogP contribution in [0.3, 0.4) is 0 Å². The lowest BCUT2D eigenvalue weighted by Gasteiger charge is -2.22. The highest BCUT2D eigenvalue weighted by atomic mass is 35.5. The third-order valence-corrected chi connectivity index (χ3v) is 4.98.